The molecule has 1 saturated carbocycles. The van der Waals surface area contributed by atoms with Gasteiger partial charge in [-0.25, -0.2) is 0 Å². The smallest absolute Gasteiger partial charge is 0.0614 e. The Hall–Kier alpha value is -1.33. The maximum atomic E-state index is 5.96. The predicted molar refractivity (Wildman–Crippen MR) is 47.3 cm³/mol. The summed E-state index contributed by atoms with van der Waals surface area (Å²) in [4.78, 5) is 4.20. The molecule has 2 N–H and O–H groups in total. The molecule has 0 unspecified atom stereocenters. The Morgan fingerprint density at radius 2 is 2.33 bits per heavy atom. The van der Waals surface area contributed by atoms with Crippen LogP contribution < -0.4 is 5.73 Å². The molecule has 60 valence electrons. The SMILES string of the molecule is C#Cc1ccnc(C2(N)CC2)c1. The minimum Gasteiger partial charge on any atom is -0.320 e. The van der Waals surface area contributed by atoms with Gasteiger partial charge in [-0.15, -0.1) is 6.42 Å². The minimum atomic E-state index is -0.174. The average molecular weight is 158 g/mol. The van der Waals surface area contributed by atoms with Crippen LogP contribution in [0.1, 0.15) is 24.1 Å². The van der Waals surface area contributed by atoms with Gasteiger partial charge >= 0.3 is 0 Å². The summed E-state index contributed by atoms with van der Waals surface area (Å²) in [6.45, 7) is 0. The largest absolute Gasteiger partial charge is 0.320 e. The van der Waals surface area contributed by atoms with E-state index in [-0.39, 0.29) is 5.54 Å². The summed E-state index contributed by atoms with van der Waals surface area (Å²) in [6, 6.07) is 3.71. The van der Waals surface area contributed by atoms with Crippen molar-refractivity contribution in [3.05, 3.63) is 29.6 Å². The van der Waals surface area contributed by atoms with Gasteiger partial charge in [-0.1, -0.05) is 5.92 Å². The first-order valence-electron chi connectivity index (χ1n) is 3.97. The third-order valence-corrected chi connectivity index (χ3v) is 2.23. The highest BCUT2D eigenvalue weighted by Crippen LogP contribution is 2.41. The lowest BCUT2D eigenvalue weighted by molar-refractivity contribution is 0.707. The molecular formula is C10H10N2. The van der Waals surface area contributed by atoms with Crippen molar-refractivity contribution in [1.82, 2.24) is 4.98 Å². The van der Waals surface area contributed by atoms with Gasteiger partial charge in [0.05, 0.1) is 11.2 Å². The van der Waals surface area contributed by atoms with Crippen molar-refractivity contribution >= 4 is 0 Å². The summed E-state index contributed by atoms with van der Waals surface area (Å²) in [7, 11) is 0. The molecule has 0 aliphatic heterocycles. The number of rotatable bonds is 1. The molecule has 0 atom stereocenters. The molecule has 0 amide bonds. The van der Waals surface area contributed by atoms with Crippen LogP contribution in [-0.4, -0.2) is 4.98 Å². The molecule has 1 aromatic heterocycles. The van der Waals surface area contributed by atoms with Gasteiger partial charge in [-0.05, 0) is 25.0 Å². The van der Waals surface area contributed by atoms with Gasteiger partial charge in [0.1, 0.15) is 0 Å². The molecular weight excluding hydrogens is 148 g/mol. The fraction of sp³-hybridized carbons (Fsp3) is 0.300. The molecule has 0 bridgehead atoms. The molecule has 2 nitrogen and oxygen atoms in total. The number of hydrogen-bond acceptors (Lipinski definition) is 2. The highest BCUT2D eigenvalue weighted by Gasteiger charge is 2.41. The third kappa shape index (κ3) is 1.09. The van der Waals surface area contributed by atoms with Gasteiger partial charge < -0.3 is 5.73 Å². The minimum absolute atomic E-state index is 0.174. The summed E-state index contributed by atoms with van der Waals surface area (Å²) in [5.41, 5.74) is 7.57. The Morgan fingerprint density at radius 3 is 2.92 bits per heavy atom. The summed E-state index contributed by atoms with van der Waals surface area (Å²) in [5.74, 6) is 2.57. The molecule has 0 saturated heterocycles. The molecule has 0 spiro atoms. The van der Waals surface area contributed by atoms with Gasteiger partial charge in [0, 0.05) is 11.8 Å². The molecule has 1 aromatic rings. The second kappa shape index (κ2) is 2.33. The van der Waals surface area contributed by atoms with Crippen molar-refractivity contribution in [3.8, 4) is 12.3 Å². The van der Waals surface area contributed by atoms with E-state index in [2.05, 4.69) is 10.9 Å². The van der Waals surface area contributed by atoms with Crippen molar-refractivity contribution in [2.75, 3.05) is 0 Å². The van der Waals surface area contributed by atoms with Crippen molar-refractivity contribution < 1.29 is 0 Å². The molecule has 0 radical (unpaired) electrons. The van der Waals surface area contributed by atoms with E-state index >= 15 is 0 Å². The van der Waals surface area contributed by atoms with Gasteiger partial charge in [-0.2, -0.15) is 0 Å². The average Bonchev–Trinajstić information content (AvgIpc) is 2.85. The van der Waals surface area contributed by atoms with Crippen molar-refractivity contribution in [2.45, 2.75) is 18.4 Å². The first kappa shape index (κ1) is 7.33. The second-order valence-electron chi connectivity index (χ2n) is 3.23. The maximum Gasteiger partial charge on any atom is 0.0614 e. The van der Waals surface area contributed by atoms with Crippen LogP contribution in [0.5, 0.6) is 0 Å². The van der Waals surface area contributed by atoms with E-state index in [1.54, 1.807) is 6.20 Å². The number of terminal acetylenes is 1. The monoisotopic (exact) mass is 158 g/mol. The molecule has 1 fully saturated rings. The van der Waals surface area contributed by atoms with Gasteiger partial charge in [0.15, 0.2) is 0 Å². The van der Waals surface area contributed by atoms with Crippen LogP contribution >= 0.6 is 0 Å². The Bertz CT molecular complexity index is 345. The summed E-state index contributed by atoms with van der Waals surface area (Å²) in [6.07, 6.45) is 9.03. The molecule has 1 aliphatic rings. The van der Waals surface area contributed by atoms with Crippen molar-refractivity contribution in [3.63, 3.8) is 0 Å². The Balaban J connectivity index is 2.40. The highest BCUT2D eigenvalue weighted by molar-refractivity contribution is 5.35. The second-order valence-corrected chi connectivity index (χ2v) is 3.23. The topological polar surface area (TPSA) is 38.9 Å². The number of hydrogen-bond donors (Lipinski definition) is 1. The van der Waals surface area contributed by atoms with Crippen LogP contribution in [0.2, 0.25) is 0 Å². The van der Waals surface area contributed by atoms with E-state index in [4.69, 9.17) is 12.2 Å². The Kier molecular flexibility index (Phi) is 1.42. The highest BCUT2D eigenvalue weighted by atomic mass is 14.9. The maximum absolute atomic E-state index is 5.96. The van der Waals surface area contributed by atoms with Crippen LogP contribution in [0.25, 0.3) is 0 Å². The zero-order valence-electron chi connectivity index (χ0n) is 6.75. The molecule has 0 aromatic carbocycles. The first-order valence-corrected chi connectivity index (χ1v) is 3.97. The van der Waals surface area contributed by atoms with Crippen LogP contribution in [0, 0.1) is 12.3 Å². The van der Waals surface area contributed by atoms with Crippen molar-refractivity contribution in [2.24, 2.45) is 5.73 Å². The van der Waals surface area contributed by atoms with E-state index in [9.17, 15) is 0 Å². The van der Waals surface area contributed by atoms with E-state index in [1.807, 2.05) is 12.1 Å². The zero-order valence-corrected chi connectivity index (χ0v) is 6.75. The lowest BCUT2D eigenvalue weighted by Crippen LogP contribution is -2.20. The van der Waals surface area contributed by atoms with E-state index < -0.39 is 0 Å². The fourth-order valence-electron chi connectivity index (χ4n) is 1.18. The molecule has 2 rings (SSSR count). The standard InChI is InChI=1S/C10H10N2/c1-2-8-3-6-12-9(7-8)10(11)4-5-10/h1,3,6-7H,4-5,11H2. The quantitative estimate of drug-likeness (QED) is 0.619. The summed E-state index contributed by atoms with van der Waals surface area (Å²) in [5, 5.41) is 0. The van der Waals surface area contributed by atoms with Crippen molar-refractivity contribution in [1.29, 1.82) is 0 Å². The molecule has 1 aliphatic carbocycles. The molecule has 1 heterocycles. The van der Waals surface area contributed by atoms with Crippen LogP contribution in [0.3, 0.4) is 0 Å². The molecule has 2 heteroatoms. The number of nitrogens with zero attached hydrogens (tertiary/aromatic N) is 1. The summed E-state index contributed by atoms with van der Waals surface area (Å²) >= 11 is 0. The van der Waals surface area contributed by atoms with E-state index in [0.29, 0.717) is 0 Å². The normalized spacial score (nSPS) is 18.3. The van der Waals surface area contributed by atoms with Crippen LogP contribution in [0.15, 0.2) is 18.3 Å². The zero-order chi connectivity index (χ0) is 8.60. The van der Waals surface area contributed by atoms with Crippen LogP contribution in [-0.2, 0) is 5.54 Å². The lowest BCUT2D eigenvalue weighted by Gasteiger charge is -2.06. The van der Waals surface area contributed by atoms with Gasteiger partial charge in [-0.3, -0.25) is 4.98 Å². The lowest BCUT2D eigenvalue weighted by atomic mass is 10.1. The van der Waals surface area contributed by atoms with E-state index in [1.165, 1.54) is 0 Å². The third-order valence-electron chi connectivity index (χ3n) is 2.23. The van der Waals surface area contributed by atoms with Gasteiger partial charge in [0.25, 0.3) is 0 Å². The number of pyridine rings is 1. The summed E-state index contributed by atoms with van der Waals surface area (Å²) < 4.78 is 0. The fourth-order valence-corrected chi connectivity index (χ4v) is 1.18. The number of aromatic nitrogens is 1. The predicted octanol–water partition coefficient (Wildman–Crippen LogP) is 1.01. The van der Waals surface area contributed by atoms with Crippen LogP contribution in [0.4, 0.5) is 0 Å². The first-order chi connectivity index (χ1) is 5.74. The van der Waals surface area contributed by atoms with Gasteiger partial charge in [0.2, 0.25) is 0 Å². The Morgan fingerprint density at radius 1 is 1.58 bits per heavy atom. The van der Waals surface area contributed by atoms with E-state index in [0.717, 1.165) is 24.1 Å². The Labute approximate surface area is 71.8 Å². The molecule has 12 heavy (non-hydrogen) atoms. The number of nitrogens with two attached hydrogens (primary N) is 1.